The standard InChI is InChI=1S/C22H19ClN2O2/c1-2-27-20-10-6-5-9-19(20)24-21-17-7-3-4-8-18(17)22(26)25(21)16-13-11-15(23)12-14-16/h3-14,21,24H,2H2,1H3/t21-/m0/s1. The average molecular weight is 379 g/mol. The quantitative estimate of drug-likeness (QED) is 0.636. The number of halogens is 1. The molecular formula is C22H19ClN2O2. The number of carbonyl (C=O) groups excluding carboxylic acids is 1. The van der Waals surface area contributed by atoms with Crippen LogP contribution < -0.4 is 15.0 Å². The van der Waals surface area contributed by atoms with E-state index < -0.39 is 0 Å². The molecule has 1 aliphatic heterocycles. The number of carbonyl (C=O) groups is 1. The molecule has 136 valence electrons. The van der Waals surface area contributed by atoms with Crippen LogP contribution in [0.3, 0.4) is 0 Å². The normalized spacial score (nSPS) is 15.6. The minimum absolute atomic E-state index is 0.0423. The van der Waals surface area contributed by atoms with Crippen molar-refractivity contribution in [2.75, 3.05) is 16.8 Å². The first-order valence-corrected chi connectivity index (χ1v) is 9.23. The summed E-state index contributed by atoms with van der Waals surface area (Å²) in [6.07, 6.45) is -0.337. The van der Waals surface area contributed by atoms with Crippen molar-refractivity contribution in [3.05, 3.63) is 88.9 Å². The molecule has 0 aromatic heterocycles. The van der Waals surface area contributed by atoms with Gasteiger partial charge in [-0.3, -0.25) is 9.69 Å². The fourth-order valence-corrected chi connectivity index (χ4v) is 3.47. The van der Waals surface area contributed by atoms with E-state index in [1.165, 1.54) is 0 Å². The summed E-state index contributed by atoms with van der Waals surface area (Å²) >= 11 is 6.03. The molecule has 0 saturated heterocycles. The molecule has 1 atom stereocenters. The summed E-state index contributed by atoms with van der Waals surface area (Å²) in [4.78, 5) is 14.9. The van der Waals surface area contributed by atoms with Crippen LogP contribution in [0.15, 0.2) is 72.8 Å². The Morgan fingerprint density at radius 3 is 2.48 bits per heavy atom. The second-order valence-corrected chi connectivity index (χ2v) is 6.65. The van der Waals surface area contributed by atoms with Gasteiger partial charge in [-0.25, -0.2) is 0 Å². The molecule has 3 aromatic rings. The number of nitrogens with one attached hydrogen (secondary N) is 1. The molecule has 27 heavy (non-hydrogen) atoms. The Labute approximate surface area is 163 Å². The third-order valence-electron chi connectivity index (χ3n) is 4.55. The van der Waals surface area contributed by atoms with Gasteiger partial charge in [-0.15, -0.1) is 0 Å². The number of para-hydroxylation sites is 2. The van der Waals surface area contributed by atoms with Gasteiger partial charge in [-0.05, 0) is 49.4 Å². The first-order valence-electron chi connectivity index (χ1n) is 8.85. The molecule has 3 aromatic carbocycles. The lowest BCUT2D eigenvalue weighted by Gasteiger charge is -2.28. The molecule has 1 N–H and O–H groups in total. The molecule has 0 saturated carbocycles. The fourth-order valence-electron chi connectivity index (χ4n) is 3.34. The average Bonchev–Trinajstić information content (AvgIpc) is 2.97. The lowest BCUT2D eigenvalue weighted by Crippen LogP contribution is -2.32. The minimum Gasteiger partial charge on any atom is -0.492 e. The molecule has 0 radical (unpaired) electrons. The lowest BCUT2D eigenvalue weighted by molar-refractivity contribution is 0.0993. The molecular weight excluding hydrogens is 360 g/mol. The Morgan fingerprint density at radius 2 is 1.70 bits per heavy atom. The molecule has 4 nitrogen and oxygen atoms in total. The highest BCUT2D eigenvalue weighted by molar-refractivity contribution is 6.30. The van der Waals surface area contributed by atoms with Crippen molar-refractivity contribution in [1.82, 2.24) is 0 Å². The van der Waals surface area contributed by atoms with Crippen LogP contribution in [-0.2, 0) is 0 Å². The Morgan fingerprint density at radius 1 is 1.00 bits per heavy atom. The largest absolute Gasteiger partial charge is 0.492 e. The van der Waals surface area contributed by atoms with E-state index in [9.17, 15) is 4.79 Å². The molecule has 1 heterocycles. The molecule has 0 spiro atoms. The highest BCUT2D eigenvalue weighted by atomic mass is 35.5. The maximum atomic E-state index is 13.1. The molecule has 0 fully saturated rings. The zero-order valence-corrected chi connectivity index (χ0v) is 15.6. The summed E-state index contributed by atoms with van der Waals surface area (Å²) in [5.74, 6) is 0.715. The van der Waals surface area contributed by atoms with Crippen LogP contribution >= 0.6 is 11.6 Å². The van der Waals surface area contributed by atoms with E-state index in [2.05, 4.69) is 5.32 Å². The SMILES string of the molecule is CCOc1ccccc1N[C@@H]1c2ccccc2C(=O)N1c1ccc(Cl)cc1. The highest BCUT2D eigenvalue weighted by Gasteiger charge is 2.37. The maximum Gasteiger partial charge on any atom is 0.260 e. The second kappa shape index (κ2) is 7.33. The highest BCUT2D eigenvalue weighted by Crippen LogP contribution is 2.39. The summed E-state index contributed by atoms with van der Waals surface area (Å²) in [6.45, 7) is 2.52. The monoisotopic (exact) mass is 378 g/mol. The number of fused-ring (bicyclic) bond motifs is 1. The topological polar surface area (TPSA) is 41.6 Å². The Balaban J connectivity index is 1.77. The first-order chi connectivity index (χ1) is 13.2. The van der Waals surface area contributed by atoms with E-state index in [1.54, 1.807) is 17.0 Å². The van der Waals surface area contributed by atoms with E-state index in [0.717, 1.165) is 22.7 Å². The minimum atomic E-state index is -0.337. The number of hydrogen-bond donors (Lipinski definition) is 1. The van der Waals surface area contributed by atoms with Gasteiger partial charge in [0.05, 0.1) is 12.3 Å². The van der Waals surface area contributed by atoms with Gasteiger partial charge in [-0.2, -0.15) is 0 Å². The Hall–Kier alpha value is -2.98. The van der Waals surface area contributed by atoms with Crippen molar-refractivity contribution < 1.29 is 9.53 Å². The zero-order valence-electron chi connectivity index (χ0n) is 14.9. The molecule has 1 amide bonds. The van der Waals surface area contributed by atoms with Crippen LogP contribution in [0.2, 0.25) is 5.02 Å². The van der Waals surface area contributed by atoms with Gasteiger partial charge in [0.1, 0.15) is 11.9 Å². The smallest absolute Gasteiger partial charge is 0.260 e. The number of benzene rings is 3. The summed E-state index contributed by atoms with van der Waals surface area (Å²) < 4.78 is 5.74. The predicted molar refractivity (Wildman–Crippen MR) is 109 cm³/mol. The van der Waals surface area contributed by atoms with Crippen molar-refractivity contribution in [3.8, 4) is 5.75 Å². The van der Waals surface area contributed by atoms with Crippen LogP contribution in [0.5, 0.6) is 5.75 Å². The van der Waals surface area contributed by atoms with Crippen LogP contribution in [0, 0.1) is 0 Å². The third kappa shape index (κ3) is 3.24. The van der Waals surface area contributed by atoms with Gasteiger partial charge in [0.2, 0.25) is 0 Å². The molecule has 0 aliphatic carbocycles. The van der Waals surface area contributed by atoms with Gasteiger partial charge in [-0.1, -0.05) is 41.9 Å². The van der Waals surface area contributed by atoms with E-state index >= 15 is 0 Å². The van der Waals surface area contributed by atoms with Crippen LogP contribution in [0.1, 0.15) is 29.0 Å². The number of amides is 1. The van der Waals surface area contributed by atoms with Crippen molar-refractivity contribution in [3.63, 3.8) is 0 Å². The number of ether oxygens (including phenoxy) is 1. The summed E-state index contributed by atoms with van der Waals surface area (Å²) in [7, 11) is 0. The maximum absolute atomic E-state index is 13.1. The third-order valence-corrected chi connectivity index (χ3v) is 4.80. The van der Waals surface area contributed by atoms with Gasteiger partial charge in [0.25, 0.3) is 5.91 Å². The van der Waals surface area contributed by atoms with Crippen molar-refractivity contribution in [1.29, 1.82) is 0 Å². The van der Waals surface area contributed by atoms with Crippen LogP contribution in [0.4, 0.5) is 11.4 Å². The first kappa shape index (κ1) is 17.4. The van der Waals surface area contributed by atoms with Crippen molar-refractivity contribution >= 4 is 28.9 Å². The molecule has 5 heteroatoms. The van der Waals surface area contributed by atoms with E-state index in [-0.39, 0.29) is 12.1 Å². The van der Waals surface area contributed by atoms with Crippen LogP contribution in [0.25, 0.3) is 0 Å². The number of hydrogen-bond acceptors (Lipinski definition) is 3. The van der Waals surface area contributed by atoms with Crippen LogP contribution in [-0.4, -0.2) is 12.5 Å². The zero-order chi connectivity index (χ0) is 18.8. The summed E-state index contributed by atoms with van der Waals surface area (Å²) in [6, 6.07) is 22.7. The second-order valence-electron chi connectivity index (χ2n) is 6.21. The Kier molecular flexibility index (Phi) is 4.73. The molecule has 0 unspecified atom stereocenters. The van der Waals surface area contributed by atoms with Gasteiger partial charge < -0.3 is 10.1 Å². The molecule has 1 aliphatic rings. The lowest BCUT2D eigenvalue weighted by atomic mass is 10.1. The van der Waals surface area contributed by atoms with Crippen molar-refractivity contribution in [2.24, 2.45) is 0 Å². The summed E-state index contributed by atoms with van der Waals surface area (Å²) in [5.41, 5.74) is 3.25. The Bertz CT molecular complexity index is 972. The molecule has 4 rings (SSSR count). The fraction of sp³-hybridized carbons (Fsp3) is 0.136. The van der Waals surface area contributed by atoms with Gasteiger partial charge in [0.15, 0.2) is 0 Å². The number of nitrogens with zero attached hydrogens (tertiary/aromatic N) is 1. The number of anilines is 2. The molecule has 0 bridgehead atoms. The van der Waals surface area contributed by atoms with E-state index in [1.807, 2.05) is 67.6 Å². The predicted octanol–water partition coefficient (Wildman–Crippen LogP) is 5.51. The van der Waals surface area contributed by atoms with Crippen molar-refractivity contribution in [2.45, 2.75) is 13.1 Å². The number of rotatable bonds is 5. The van der Waals surface area contributed by atoms with Gasteiger partial charge in [0, 0.05) is 21.8 Å². The van der Waals surface area contributed by atoms with Gasteiger partial charge >= 0.3 is 0 Å². The summed E-state index contributed by atoms with van der Waals surface area (Å²) in [5, 5.41) is 4.12. The van der Waals surface area contributed by atoms with E-state index in [4.69, 9.17) is 16.3 Å². The van der Waals surface area contributed by atoms with E-state index in [0.29, 0.717) is 17.2 Å².